The van der Waals surface area contributed by atoms with E-state index < -0.39 is 0 Å². The summed E-state index contributed by atoms with van der Waals surface area (Å²) in [6.07, 6.45) is 56.9. The van der Waals surface area contributed by atoms with E-state index in [0.29, 0.717) is 0 Å². The molecule has 570 valence electrons. The summed E-state index contributed by atoms with van der Waals surface area (Å²) in [6, 6.07) is 0. The van der Waals surface area contributed by atoms with Gasteiger partial charge in [0.2, 0.25) is 0 Å². The number of fused-ring (bicyclic) bond motifs is 20. The van der Waals surface area contributed by atoms with Crippen molar-refractivity contribution in [2.75, 3.05) is 0 Å². The molecule has 9 rings (SSSR count). The number of nitrogens with zero attached hydrogens (tertiary/aromatic N) is 6. The van der Waals surface area contributed by atoms with Crippen LogP contribution >= 0.6 is 0 Å². The number of H-pyrrole nitrogens is 2. The summed E-state index contributed by atoms with van der Waals surface area (Å²) in [5.41, 5.74) is 31.2. The third-order valence-electron chi connectivity index (χ3n) is 25.1. The third-order valence-corrected chi connectivity index (χ3v) is 25.1. The van der Waals surface area contributed by atoms with Crippen LogP contribution in [0.3, 0.4) is 0 Å². The zero-order chi connectivity index (χ0) is 74.1. The fraction of sp³-hybridized carbons (Fsp3) is 0.667. The lowest BCUT2D eigenvalue weighted by atomic mass is 9.84. The summed E-state index contributed by atoms with van der Waals surface area (Å²) in [7, 11) is 0. The minimum atomic E-state index is 0.809. The highest BCUT2D eigenvalue weighted by molar-refractivity contribution is 6.11. The molecule has 7 aromatic rings. The second-order valence-electron chi connectivity index (χ2n) is 32.8. The second-order valence-corrected chi connectivity index (χ2v) is 32.8. The quantitative estimate of drug-likeness (QED) is 0.0368. The van der Waals surface area contributed by atoms with E-state index >= 15 is 0 Å². The number of hydrogen-bond acceptors (Lipinski definition) is 6. The summed E-state index contributed by atoms with van der Waals surface area (Å²) in [5.74, 6) is 3.24. The maximum absolute atomic E-state index is 6.27. The Bertz CT molecular complexity index is 3580. The van der Waals surface area contributed by atoms with Crippen LogP contribution in [0.25, 0.3) is 89.7 Å². The molecule has 0 spiro atoms. The highest BCUT2D eigenvalue weighted by atomic mass is 15.1. The van der Waals surface area contributed by atoms with Crippen molar-refractivity contribution in [2.24, 2.45) is 0 Å². The second kappa shape index (κ2) is 42.1. The Hall–Kier alpha value is -5.76. The Morgan fingerprint density at radius 1 is 0.173 bits per heavy atom. The number of aromatic nitrogens is 8. The van der Waals surface area contributed by atoms with Crippen molar-refractivity contribution in [3.8, 4) is 45.6 Å². The van der Waals surface area contributed by atoms with Gasteiger partial charge < -0.3 is 9.97 Å². The highest BCUT2D eigenvalue weighted by Gasteiger charge is 2.34. The molecule has 0 radical (unpaired) electrons. The average Bonchev–Trinajstić information content (AvgIpc) is 1.60. The first kappa shape index (κ1) is 82.3. The van der Waals surface area contributed by atoms with Crippen LogP contribution in [0.1, 0.15) is 401 Å². The molecule has 0 atom stereocenters. The van der Waals surface area contributed by atoms with Gasteiger partial charge in [-0.1, -0.05) is 261 Å². The van der Waals surface area contributed by atoms with Crippen LogP contribution < -0.4 is 0 Å². The normalized spacial score (nSPS) is 12.2. The van der Waals surface area contributed by atoms with Crippen LogP contribution in [0.5, 0.6) is 0 Å². The van der Waals surface area contributed by atoms with E-state index in [1.165, 1.54) is 338 Å². The molecular formula is C96H146N8. The summed E-state index contributed by atoms with van der Waals surface area (Å²) in [4.78, 5) is 45.8. The van der Waals surface area contributed by atoms with Gasteiger partial charge in [-0.15, -0.1) is 0 Å². The van der Waals surface area contributed by atoms with Crippen LogP contribution in [0.2, 0.25) is 0 Å². The molecule has 2 aliphatic rings. The summed E-state index contributed by atoms with van der Waals surface area (Å²) in [6.45, 7) is 38.3. The van der Waals surface area contributed by atoms with Gasteiger partial charge in [0.05, 0.1) is 0 Å². The first-order valence-electron chi connectivity index (χ1n) is 44.2. The standard InChI is InChI=1S/C96H146N8/c1-17-25-33-41-49-57-73-65(9)66(10)74(58-50-42-34-26-18-2)82-81(73)89-97-90(82)102-92-85-77(61-53-45-37-29-21-5)69(13)70(14)78(62-54-46-38-30-22-6)86(85)94(99-92)104-96-88-80(64-56-48-40-32-24-8)72(16)71(15)79(63-55-47-39-31-23-7)87(88)95(100-96)103-93-84-76(60-52-44-36-28-20-4)68(12)67(11)75(59-51-43-35-27-19-3)83(84)91(98-93)101-89/h17-64H2,1-16H3,(H2,97,98,99,100,101,102,103,104). The molecule has 104 heavy (non-hydrogen) atoms. The van der Waals surface area contributed by atoms with Gasteiger partial charge in [0, 0.05) is 43.8 Å². The molecule has 5 heterocycles. The molecule has 0 fully saturated rings. The van der Waals surface area contributed by atoms with E-state index in [0.717, 1.165) is 149 Å². The van der Waals surface area contributed by atoms with Crippen molar-refractivity contribution >= 4 is 44.1 Å². The van der Waals surface area contributed by atoms with Crippen molar-refractivity contribution in [3.63, 3.8) is 0 Å². The van der Waals surface area contributed by atoms with Gasteiger partial charge in [-0.2, -0.15) is 0 Å². The van der Waals surface area contributed by atoms with Crippen LogP contribution in [-0.4, -0.2) is 39.9 Å². The van der Waals surface area contributed by atoms with Gasteiger partial charge in [-0.05, 0) is 247 Å². The zero-order valence-electron chi connectivity index (χ0n) is 69.6. The molecular weight excluding hydrogens is 1270 g/mol. The predicted molar refractivity (Wildman–Crippen MR) is 454 cm³/mol. The fourth-order valence-electron chi connectivity index (χ4n) is 18.3. The van der Waals surface area contributed by atoms with Gasteiger partial charge in [0.25, 0.3) is 0 Å². The van der Waals surface area contributed by atoms with Crippen molar-refractivity contribution in [3.05, 3.63) is 89.0 Å². The molecule has 0 saturated carbocycles. The molecule has 8 heteroatoms. The molecule has 0 unspecified atom stereocenters. The molecule has 0 aliphatic carbocycles. The SMILES string of the molecule is CCCCCCCc1c(C)c(C)c(CCCCCCC)c2c1-c1nc-2nc2[nH]c(nc3nc(nc4[nH]c(n1)c1c(CCCCCCC)c(C)c(C)c(CCCCCCC)c41)-c1c(CCCCCCC)c(C)c(C)c(CCCCCCC)c1-3)c1c(CCCCCCC)c(C)c(C)c(CCCCCCC)c21. The number of rotatable bonds is 48. The topological polar surface area (TPSA) is 109 Å². The van der Waals surface area contributed by atoms with Crippen molar-refractivity contribution in [2.45, 2.75) is 419 Å². The Morgan fingerprint density at radius 2 is 0.317 bits per heavy atom. The Morgan fingerprint density at radius 3 is 0.481 bits per heavy atom. The van der Waals surface area contributed by atoms with E-state index in [9.17, 15) is 0 Å². The Balaban J connectivity index is 1.56. The average molecular weight is 1410 g/mol. The van der Waals surface area contributed by atoms with Gasteiger partial charge in [-0.3, -0.25) is 0 Å². The lowest BCUT2D eigenvalue weighted by Crippen LogP contribution is -2.05. The van der Waals surface area contributed by atoms with E-state index in [1.807, 2.05) is 0 Å². The van der Waals surface area contributed by atoms with E-state index in [4.69, 9.17) is 29.9 Å². The number of benzene rings is 4. The van der Waals surface area contributed by atoms with Gasteiger partial charge in [-0.25, -0.2) is 29.9 Å². The number of aromatic amines is 2. The molecule has 2 N–H and O–H groups in total. The molecule has 2 aliphatic heterocycles. The van der Waals surface area contributed by atoms with Crippen LogP contribution in [-0.2, 0) is 51.4 Å². The molecule has 8 nitrogen and oxygen atoms in total. The fourth-order valence-corrected chi connectivity index (χ4v) is 18.3. The number of aryl methyl sites for hydroxylation is 4. The first-order valence-corrected chi connectivity index (χ1v) is 44.2. The van der Waals surface area contributed by atoms with Gasteiger partial charge in [0.15, 0.2) is 23.3 Å². The van der Waals surface area contributed by atoms with Gasteiger partial charge >= 0.3 is 0 Å². The third kappa shape index (κ3) is 19.7. The lowest BCUT2D eigenvalue weighted by molar-refractivity contribution is 0.629. The minimum absolute atomic E-state index is 0.809. The first-order chi connectivity index (χ1) is 50.7. The maximum atomic E-state index is 6.27. The summed E-state index contributed by atoms with van der Waals surface area (Å²) in [5, 5.41) is 5.00. The molecule has 0 amide bonds. The van der Waals surface area contributed by atoms with Gasteiger partial charge in [0.1, 0.15) is 22.6 Å². The minimum Gasteiger partial charge on any atom is -0.324 e. The monoisotopic (exact) mass is 1410 g/mol. The summed E-state index contributed by atoms with van der Waals surface area (Å²) < 4.78 is 0. The van der Waals surface area contributed by atoms with E-state index in [1.54, 1.807) is 0 Å². The predicted octanol–water partition coefficient (Wildman–Crippen LogP) is 29.4. The molecule has 0 saturated heterocycles. The number of unbranched alkanes of at least 4 members (excludes halogenated alkanes) is 32. The largest absolute Gasteiger partial charge is 0.324 e. The van der Waals surface area contributed by atoms with Crippen LogP contribution in [0.15, 0.2) is 0 Å². The number of hydrogen-bond donors (Lipinski definition) is 2. The lowest BCUT2D eigenvalue weighted by Gasteiger charge is -2.20. The summed E-state index contributed by atoms with van der Waals surface area (Å²) >= 11 is 0. The smallest absolute Gasteiger partial charge is 0.165 e. The maximum Gasteiger partial charge on any atom is 0.165 e. The van der Waals surface area contributed by atoms with Crippen molar-refractivity contribution < 1.29 is 0 Å². The van der Waals surface area contributed by atoms with Crippen molar-refractivity contribution in [1.82, 2.24) is 39.9 Å². The highest BCUT2D eigenvalue weighted by Crippen LogP contribution is 2.49. The molecule has 8 bridgehead atoms. The van der Waals surface area contributed by atoms with Crippen molar-refractivity contribution in [1.29, 1.82) is 0 Å². The Kier molecular flexibility index (Phi) is 33.3. The Labute approximate surface area is 633 Å². The molecule has 3 aromatic heterocycles. The van der Waals surface area contributed by atoms with E-state index in [-0.39, 0.29) is 0 Å². The van der Waals surface area contributed by atoms with E-state index in [2.05, 4.69) is 121 Å². The molecule has 4 aromatic carbocycles. The van der Waals surface area contributed by atoms with Crippen LogP contribution in [0.4, 0.5) is 0 Å². The zero-order valence-corrected chi connectivity index (χ0v) is 69.6. The number of nitrogens with one attached hydrogen (secondary N) is 2. The van der Waals surface area contributed by atoms with Crippen LogP contribution in [0, 0.1) is 55.4 Å².